The van der Waals surface area contributed by atoms with Crippen molar-refractivity contribution in [2.75, 3.05) is 0 Å². The van der Waals surface area contributed by atoms with Crippen molar-refractivity contribution in [3.05, 3.63) is 35.9 Å². The molecule has 2 N–H and O–H groups in total. The number of carbonyl (C=O) groups excluding carboxylic acids is 1. The summed E-state index contributed by atoms with van der Waals surface area (Å²) in [5.74, 6) is 0. The number of benzene rings is 1. The van der Waals surface area contributed by atoms with E-state index in [1.165, 1.54) is 5.56 Å². The normalized spacial score (nSPS) is 12.8. The van der Waals surface area contributed by atoms with Crippen LogP contribution < -0.4 is 10.9 Å². The van der Waals surface area contributed by atoms with Crippen LogP contribution in [0, 0.1) is 0 Å². The second kappa shape index (κ2) is 7.14. The Kier molecular flexibility index (Phi) is 5.83. The summed E-state index contributed by atoms with van der Waals surface area (Å²) < 4.78 is 5.14. The molecule has 4 heteroatoms. The summed E-state index contributed by atoms with van der Waals surface area (Å²) in [6.45, 7) is 7.54. The summed E-state index contributed by atoms with van der Waals surface area (Å²) in [4.78, 5) is 11.4. The number of carbonyl (C=O) groups is 1. The molecule has 0 bridgehead atoms. The maximum Gasteiger partial charge on any atom is 0.422 e. The fourth-order valence-electron chi connectivity index (χ4n) is 1.59. The molecule has 0 fully saturated rings. The molecule has 19 heavy (non-hydrogen) atoms. The highest BCUT2D eigenvalue weighted by Gasteiger charge is 2.16. The summed E-state index contributed by atoms with van der Waals surface area (Å²) in [6, 6.07) is 10.5. The van der Waals surface area contributed by atoms with Crippen LogP contribution in [-0.4, -0.2) is 17.7 Å². The lowest BCUT2D eigenvalue weighted by Crippen LogP contribution is -2.45. The zero-order valence-corrected chi connectivity index (χ0v) is 12.2. The van der Waals surface area contributed by atoms with Crippen LogP contribution in [0.25, 0.3) is 0 Å². The zero-order valence-electron chi connectivity index (χ0n) is 12.2. The van der Waals surface area contributed by atoms with Crippen LogP contribution in [0.1, 0.15) is 39.7 Å². The number of nitrogens with one attached hydrogen (secondary N) is 2. The minimum atomic E-state index is -0.473. The summed E-state index contributed by atoms with van der Waals surface area (Å²) in [5.41, 5.74) is 6.34. The minimum Gasteiger partial charge on any atom is -0.443 e. The molecule has 0 saturated heterocycles. The molecule has 0 radical (unpaired) electrons. The van der Waals surface area contributed by atoms with Crippen LogP contribution in [0.4, 0.5) is 4.79 Å². The van der Waals surface area contributed by atoms with Crippen molar-refractivity contribution in [3.63, 3.8) is 0 Å². The van der Waals surface area contributed by atoms with Gasteiger partial charge in [-0.15, -0.1) is 0 Å². The van der Waals surface area contributed by atoms with Gasteiger partial charge in [0.1, 0.15) is 5.60 Å². The molecule has 0 aromatic heterocycles. The number of ether oxygens (including phenoxy) is 1. The maximum absolute atomic E-state index is 11.4. The van der Waals surface area contributed by atoms with E-state index >= 15 is 0 Å². The van der Waals surface area contributed by atoms with Crippen molar-refractivity contribution < 1.29 is 9.53 Å². The lowest BCUT2D eigenvalue weighted by Gasteiger charge is -2.21. The van der Waals surface area contributed by atoms with Crippen molar-refractivity contribution in [3.8, 4) is 0 Å². The van der Waals surface area contributed by atoms with E-state index in [-0.39, 0.29) is 6.04 Å². The van der Waals surface area contributed by atoms with Crippen molar-refractivity contribution >= 4 is 6.09 Å². The minimum absolute atomic E-state index is 0.188. The van der Waals surface area contributed by atoms with Crippen LogP contribution >= 0.6 is 0 Å². The van der Waals surface area contributed by atoms with E-state index in [1.807, 2.05) is 45.9 Å². The van der Waals surface area contributed by atoms with Crippen molar-refractivity contribution in [1.82, 2.24) is 10.9 Å². The zero-order chi connectivity index (χ0) is 14.3. The number of hydrazine groups is 1. The fraction of sp³-hybridized carbons (Fsp3) is 0.533. The number of aryl methyl sites for hydroxylation is 1. The Labute approximate surface area is 115 Å². The summed E-state index contributed by atoms with van der Waals surface area (Å²) in [7, 11) is 0. The van der Waals surface area contributed by atoms with Gasteiger partial charge >= 0.3 is 6.09 Å². The molecule has 1 rings (SSSR count). The third kappa shape index (κ3) is 7.47. The summed E-state index contributed by atoms with van der Waals surface area (Å²) in [5, 5.41) is 0. The first-order chi connectivity index (χ1) is 8.87. The SMILES string of the molecule is CC(CCc1ccccc1)NNC(=O)OC(C)(C)C. The second-order valence-corrected chi connectivity index (χ2v) is 5.70. The predicted molar refractivity (Wildman–Crippen MR) is 76.7 cm³/mol. The van der Waals surface area contributed by atoms with Gasteiger partial charge in [-0.1, -0.05) is 30.3 Å². The summed E-state index contributed by atoms with van der Waals surface area (Å²) >= 11 is 0. The second-order valence-electron chi connectivity index (χ2n) is 5.70. The number of hydrogen-bond donors (Lipinski definition) is 2. The smallest absolute Gasteiger partial charge is 0.422 e. The maximum atomic E-state index is 11.4. The fourth-order valence-corrected chi connectivity index (χ4v) is 1.59. The van der Waals surface area contributed by atoms with E-state index in [2.05, 4.69) is 23.0 Å². The highest BCUT2D eigenvalue weighted by atomic mass is 16.6. The molecule has 4 nitrogen and oxygen atoms in total. The van der Waals surface area contributed by atoms with Gasteiger partial charge in [0.15, 0.2) is 0 Å². The molecule has 0 aliphatic rings. The topological polar surface area (TPSA) is 50.4 Å². The molecule has 1 atom stereocenters. The number of rotatable bonds is 5. The van der Waals surface area contributed by atoms with Crippen LogP contribution in [-0.2, 0) is 11.2 Å². The number of hydrogen-bond acceptors (Lipinski definition) is 3. The third-order valence-corrected chi connectivity index (χ3v) is 2.53. The van der Waals surface area contributed by atoms with Gasteiger partial charge in [0.25, 0.3) is 0 Å². The van der Waals surface area contributed by atoms with Gasteiger partial charge < -0.3 is 4.74 Å². The van der Waals surface area contributed by atoms with Gasteiger partial charge in [0, 0.05) is 6.04 Å². The lowest BCUT2D eigenvalue weighted by molar-refractivity contribution is 0.0488. The van der Waals surface area contributed by atoms with Crippen LogP contribution in [0.5, 0.6) is 0 Å². The molecular weight excluding hydrogens is 240 g/mol. The van der Waals surface area contributed by atoms with Gasteiger partial charge in [-0.25, -0.2) is 10.2 Å². The first kappa shape index (κ1) is 15.5. The third-order valence-electron chi connectivity index (χ3n) is 2.53. The Bertz CT molecular complexity index is 385. The van der Waals surface area contributed by atoms with Crippen molar-refractivity contribution in [1.29, 1.82) is 0 Å². The molecule has 1 unspecified atom stereocenters. The highest BCUT2D eigenvalue weighted by Crippen LogP contribution is 2.06. The molecule has 106 valence electrons. The lowest BCUT2D eigenvalue weighted by atomic mass is 10.1. The Balaban J connectivity index is 2.21. The molecule has 1 aromatic rings. The van der Waals surface area contributed by atoms with Gasteiger partial charge in [-0.05, 0) is 46.1 Å². The van der Waals surface area contributed by atoms with E-state index in [0.717, 1.165) is 12.8 Å². The largest absolute Gasteiger partial charge is 0.443 e. The van der Waals surface area contributed by atoms with Gasteiger partial charge in [0.05, 0.1) is 0 Å². The van der Waals surface area contributed by atoms with Gasteiger partial charge in [-0.2, -0.15) is 0 Å². The standard InChI is InChI=1S/C15H24N2O2/c1-12(10-11-13-8-6-5-7-9-13)16-17-14(18)19-15(2,3)4/h5-9,12,16H,10-11H2,1-4H3,(H,17,18). The molecule has 0 heterocycles. The average Bonchev–Trinajstić information content (AvgIpc) is 2.33. The quantitative estimate of drug-likeness (QED) is 0.804. The van der Waals surface area contributed by atoms with Gasteiger partial charge in [0.2, 0.25) is 0 Å². The molecular formula is C15H24N2O2. The van der Waals surface area contributed by atoms with E-state index in [0.29, 0.717) is 0 Å². The van der Waals surface area contributed by atoms with E-state index < -0.39 is 11.7 Å². The molecule has 0 saturated carbocycles. The molecule has 0 spiro atoms. The molecule has 1 aromatic carbocycles. The van der Waals surface area contributed by atoms with Gasteiger partial charge in [-0.3, -0.25) is 5.43 Å². The van der Waals surface area contributed by atoms with E-state index in [1.54, 1.807) is 0 Å². The van der Waals surface area contributed by atoms with E-state index in [4.69, 9.17) is 4.74 Å². The average molecular weight is 264 g/mol. The highest BCUT2D eigenvalue weighted by molar-refractivity contribution is 5.67. The molecule has 0 aliphatic carbocycles. The van der Waals surface area contributed by atoms with Crippen LogP contribution in [0.15, 0.2) is 30.3 Å². The Morgan fingerprint density at radius 2 is 1.89 bits per heavy atom. The first-order valence-electron chi connectivity index (χ1n) is 6.65. The van der Waals surface area contributed by atoms with Crippen LogP contribution in [0.2, 0.25) is 0 Å². The first-order valence-corrected chi connectivity index (χ1v) is 6.65. The Morgan fingerprint density at radius 3 is 2.47 bits per heavy atom. The monoisotopic (exact) mass is 264 g/mol. The van der Waals surface area contributed by atoms with Crippen molar-refractivity contribution in [2.45, 2.75) is 52.2 Å². The Hall–Kier alpha value is -1.55. The molecule has 1 amide bonds. The van der Waals surface area contributed by atoms with Crippen LogP contribution in [0.3, 0.4) is 0 Å². The van der Waals surface area contributed by atoms with E-state index in [9.17, 15) is 4.79 Å². The molecule has 0 aliphatic heterocycles. The summed E-state index contributed by atoms with van der Waals surface area (Å²) in [6.07, 6.45) is 1.48. The Morgan fingerprint density at radius 1 is 1.26 bits per heavy atom. The van der Waals surface area contributed by atoms with Crippen molar-refractivity contribution in [2.24, 2.45) is 0 Å². The predicted octanol–water partition coefficient (Wildman–Crippen LogP) is 3.04. The number of amides is 1.